The fourth-order valence-corrected chi connectivity index (χ4v) is 4.24. The van der Waals surface area contributed by atoms with Gasteiger partial charge >= 0.3 is 6.09 Å². The number of anilines is 1. The monoisotopic (exact) mass is 514 g/mol. The molecule has 2 rings (SSSR count). The Labute approximate surface area is 207 Å². The Kier molecular flexibility index (Phi) is 10.3. The highest BCUT2D eigenvalue weighted by molar-refractivity contribution is 7.85. The van der Waals surface area contributed by atoms with Crippen molar-refractivity contribution < 1.29 is 27.1 Å². The minimum Gasteiger partial charge on any atom is -0.444 e. The summed E-state index contributed by atoms with van der Waals surface area (Å²) in [5.74, 6) is 0.145. The van der Waals surface area contributed by atoms with Crippen LogP contribution >= 0.6 is 0 Å². The van der Waals surface area contributed by atoms with Crippen LogP contribution in [0.1, 0.15) is 46.1 Å². The van der Waals surface area contributed by atoms with E-state index in [4.69, 9.17) is 8.92 Å². The Balaban J connectivity index is 2.04. The predicted molar refractivity (Wildman–Crippen MR) is 134 cm³/mol. The molecule has 1 aliphatic heterocycles. The first-order chi connectivity index (χ1) is 16.2. The summed E-state index contributed by atoms with van der Waals surface area (Å²) in [5, 5.41) is 18.0. The number of nitrogens with one attached hydrogen (secondary N) is 2. The average molecular weight is 515 g/mol. The molecular formula is C23H38N4O7S. The van der Waals surface area contributed by atoms with Crippen LogP contribution in [0.25, 0.3) is 0 Å². The van der Waals surface area contributed by atoms with E-state index in [9.17, 15) is 23.3 Å². The van der Waals surface area contributed by atoms with Crippen molar-refractivity contribution in [1.82, 2.24) is 10.2 Å². The summed E-state index contributed by atoms with van der Waals surface area (Å²) in [6, 6.07) is 4.83. The number of carbonyl (C=O) groups is 1. The third-order valence-corrected chi connectivity index (χ3v) is 6.08. The number of nitro groups is 1. The zero-order valence-corrected chi connectivity index (χ0v) is 22.0. The largest absolute Gasteiger partial charge is 0.444 e. The van der Waals surface area contributed by atoms with Gasteiger partial charge in [0.05, 0.1) is 23.8 Å². The minimum absolute atomic E-state index is 0.0212. The molecule has 1 amide bonds. The number of nitro benzene ring substituents is 1. The van der Waals surface area contributed by atoms with Crippen molar-refractivity contribution in [2.24, 2.45) is 5.92 Å². The van der Waals surface area contributed by atoms with Gasteiger partial charge in [-0.05, 0) is 57.6 Å². The van der Waals surface area contributed by atoms with Gasteiger partial charge in [0.15, 0.2) is 0 Å². The van der Waals surface area contributed by atoms with E-state index in [1.165, 1.54) is 6.07 Å². The summed E-state index contributed by atoms with van der Waals surface area (Å²) >= 11 is 0. The second kappa shape index (κ2) is 12.5. The van der Waals surface area contributed by atoms with Crippen LogP contribution in [0.2, 0.25) is 0 Å². The Morgan fingerprint density at radius 1 is 1.37 bits per heavy atom. The molecule has 35 heavy (non-hydrogen) atoms. The van der Waals surface area contributed by atoms with Crippen LogP contribution in [-0.4, -0.2) is 75.0 Å². The lowest BCUT2D eigenvalue weighted by atomic mass is 10.0. The fourth-order valence-electron chi connectivity index (χ4n) is 3.82. The molecule has 0 radical (unpaired) electrons. The standard InChI is InChI=1S/C23H38N4O7S/c1-17(7-6-12-33-35(5,31)32)15-25-20-14-18(8-9-21(20)27(29)30)13-19-16-24-10-11-26(19)22(28)34-23(2,3)4/h8-9,14,17,19,24-25H,6-7,10-13,15-16H2,1-5H3. The molecule has 12 heteroatoms. The Morgan fingerprint density at radius 3 is 2.71 bits per heavy atom. The first-order valence-electron chi connectivity index (χ1n) is 11.8. The summed E-state index contributed by atoms with van der Waals surface area (Å²) in [6.07, 6.45) is 2.44. The lowest BCUT2D eigenvalue weighted by Gasteiger charge is -2.37. The average Bonchev–Trinajstić information content (AvgIpc) is 2.73. The van der Waals surface area contributed by atoms with Crippen LogP contribution in [0.15, 0.2) is 18.2 Å². The Bertz CT molecular complexity index is 979. The number of hydrogen-bond acceptors (Lipinski definition) is 9. The van der Waals surface area contributed by atoms with E-state index in [2.05, 4.69) is 10.6 Å². The van der Waals surface area contributed by atoms with E-state index >= 15 is 0 Å². The van der Waals surface area contributed by atoms with Crippen LogP contribution in [0.3, 0.4) is 0 Å². The molecule has 0 bridgehead atoms. The van der Waals surface area contributed by atoms with Gasteiger partial charge in [-0.3, -0.25) is 14.3 Å². The number of benzene rings is 1. The van der Waals surface area contributed by atoms with Crippen molar-refractivity contribution >= 4 is 27.6 Å². The third kappa shape index (κ3) is 10.4. The SMILES string of the molecule is CC(CCCOS(C)(=O)=O)CNc1cc(CC2CNCCN2C(=O)OC(C)(C)C)ccc1[N+](=O)[O-]. The maximum atomic E-state index is 12.7. The summed E-state index contributed by atoms with van der Waals surface area (Å²) in [6.45, 7) is 9.87. The second-order valence-electron chi connectivity index (χ2n) is 10.00. The lowest BCUT2D eigenvalue weighted by Crippen LogP contribution is -2.55. The highest BCUT2D eigenvalue weighted by Gasteiger charge is 2.30. The number of rotatable bonds is 11. The molecule has 2 unspecified atom stereocenters. The quantitative estimate of drug-likeness (QED) is 0.197. The van der Waals surface area contributed by atoms with Gasteiger partial charge in [0.25, 0.3) is 15.8 Å². The molecule has 1 aromatic carbocycles. The maximum Gasteiger partial charge on any atom is 0.410 e. The first kappa shape index (κ1) is 28.8. The predicted octanol–water partition coefficient (Wildman–Crippen LogP) is 3.15. The van der Waals surface area contributed by atoms with Gasteiger partial charge in [-0.2, -0.15) is 8.42 Å². The fraction of sp³-hybridized carbons (Fsp3) is 0.696. The van der Waals surface area contributed by atoms with Gasteiger partial charge in [0.1, 0.15) is 11.3 Å². The van der Waals surface area contributed by atoms with Gasteiger partial charge in [0, 0.05) is 32.2 Å². The van der Waals surface area contributed by atoms with Gasteiger partial charge in [-0.25, -0.2) is 4.79 Å². The summed E-state index contributed by atoms with van der Waals surface area (Å²) in [5.41, 5.74) is 0.672. The van der Waals surface area contributed by atoms with E-state index in [1.807, 2.05) is 27.7 Å². The summed E-state index contributed by atoms with van der Waals surface area (Å²) in [4.78, 5) is 25.6. The number of nitrogens with zero attached hydrogens (tertiary/aromatic N) is 2. The van der Waals surface area contributed by atoms with E-state index in [0.29, 0.717) is 51.1 Å². The molecular weight excluding hydrogens is 476 g/mol. The first-order valence-corrected chi connectivity index (χ1v) is 13.6. The van der Waals surface area contributed by atoms with E-state index in [-0.39, 0.29) is 30.3 Å². The molecule has 1 fully saturated rings. The van der Waals surface area contributed by atoms with Crippen LogP contribution in [0, 0.1) is 16.0 Å². The van der Waals surface area contributed by atoms with E-state index in [1.54, 1.807) is 17.0 Å². The highest BCUT2D eigenvalue weighted by Crippen LogP contribution is 2.27. The number of hydrogen-bond donors (Lipinski definition) is 2. The molecule has 198 valence electrons. The zero-order chi connectivity index (χ0) is 26.2. The maximum absolute atomic E-state index is 12.7. The van der Waals surface area contributed by atoms with Crippen molar-refractivity contribution in [2.45, 2.75) is 58.6 Å². The normalized spacial score (nSPS) is 17.6. The van der Waals surface area contributed by atoms with Crippen molar-refractivity contribution in [3.63, 3.8) is 0 Å². The van der Waals surface area contributed by atoms with Crippen molar-refractivity contribution in [1.29, 1.82) is 0 Å². The van der Waals surface area contributed by atoms with Crippen molar-refractivity contribution in [2.75, 3.05) is 44.4 Å². The Hall–Kier alpha value is -2.44. The molecule has 11 nitrogen and oxygen atoms in total. The van der Waals surface area contributed by atoms with Crippen LogP contribution in [0.5, 0.6) is 0 Å². The molecule has 1 saturated heterocycles. The van der Waals surface area contributed by atoms with Gasteiger partial charge in [0.2, 0.25) is 0 Å². The summed E-state index contributed by atoms with van der Waals surface area (Å²) in [7, 11) is -3.46. The van der Waals surface area contributed by atoms with Gasteiger partial charge in [-0.15, -0.1) is 0 Å². The highest BCUT2D eigenvalue weighted by atomic mass is 32.2. The lowest BCUT2D eigenvalue weighted by molar-refractivity contribution is -0.384. The molecule has 0 spiro atoms. The van der Waals surface area contributed by atoms with Crippen molar-refractivity contribution in [3.8, 4) is 0 Å². The number of amides is 1. The topological polar surface area (TPSA) is 140 Å². The molecule has 2 N–H and O–H groups in total. The molecule has 1 aliphatic rings. The Morgan fingerprint density at radius 2 is 2.09 bits per heavy atom. The summed E-state index contributed by atoms with van der Waals surface area (Å²) < 4.78 is 32.4. The molecule has 1 aromatic rings. The smallest absolute Gasteiger partial charge is 0.410 e. The third-order valence-electron chi connectivity index (χ3n) is 5.49. The van der Waals surface area contributed by atoms with Gasteiger partial charge in [-0.1, -0.05) is 13.0 Å². The van der Waals surface area contributed by atoms with Gasteiger partial charge < -0.3 is 20.3 Å². The molecule has 1 heterocycles. The second-order valence-corrected chi connectivity index (χ2v) is 11.6. The van der Waals surface area contributed by atoms with E-state index in [0.717, 1.165) is 11.8 Å². The number of ether oxygens (including phenoxy) is 1. The van der Waals surface area contributed by atoms with E-state index < -0.39 is 20.6 Å². The molecule has 0 aromatic heterocycles. The number of carbonyl (C=O) groups excluding carboxylic acids is 1. The van der Waals surface area contributed by atoms with Crippen LogP contribution in [-0.2, 0) is 25.5 Å². The number of piperazine rings is 1. The molecule has 0 saturated carbocycles. The van der Waals surface area contributed by atoms with Crippen LogP contribution < -0.4 is 10.6 Å². The molecule has 2 atom stereocenters. The zero-order valence-electron chi connectivity index (χ0n) is 21.2. The minimum atomic E-state index is -3.46. The van der Waals surface area contributed by atoms with Crippen molar-refractivity contribution in [3.05, 3.63) is 33.9 Å². The molecule has 0 aliphatic carbocycles. The van der Waals surface area contributed by atoms with Crippen LogP contribution in [0.4, 0.5) is 16.2 Å².